The second-order valence-electron chi connectivity index (χ2n) is 6.71. The van der Waals surface area contributed by atoms with Gasteiger partial charge in [0, 0.05) is 33.3 Å². The van der Waals surface area contributed by atoms with Crippen LogP contribution < -0.4 is 15.4 Å². The third-order valence-corrected chi connectivity index (χ3v) is 5.75. The van der Waals surface area contributed by atoms with Crippen LogP contribution in [0.25, 0.3) is 0 Å². The van der Waals surface area contributed by atoms with E-state index in [1.165, 1.54) is 13.1 Å². The molecule has 0 bridgehead atoms. The van der Waals surface area contributed by atoms with Crippen molar-refractivity contribution < 1.29 is 26.3 Å². The highest BCUT2D eigenvalue weighted by molar-refractivity contribution is 7.89. The molecule has 164 valence electrons. The zero-order valence-electron chi connectivity index (χ0n) is 16.3. The molecule has 7 nitrogen and oxygen atoms in total. The van der Waals surface area contributed by atoms with Crippen LogP contribution in [0.4, 0.5) is 13.2 Å². The predicted molar refractivity (Wildman–Crippen MR) is 105 cm³/mol. The molecule has 0 radical (unpaired) electrons. The summed E-state index contributed by atoms with van der Waals surface area (Å²) in [6, 6.07) is 4.97. The minimum Gasteiger partial charge on any atom is -0.377 e. The Morgan fingerprint density at radius 2 is 2.07 bits per heavy atom. The van der Waals surface area contributed by atoms with Gasteiger partial charge in [-0.1, -0.05) is 12.1 Å². The molecule has 29 heavy (non-hydrogen) atoms. The molecule has 1 heterocycles. The van der Waals surface area contributed by atoms with Gasteiger partial charge in [0.1, 0.15) is 0 Å². The van der Waals surface area contributed by atoms with Crippen molar-refractivity contribution in [2.45, 2.75) is 38.1 Å². The number of aliphatic imine (C=N–C) groups is 1. The number of guanidine groups is 1. The first-order valence-corrected chi connectivity index (χ1v) is 11.0. The van der Waals surface area contributed by atoms with Crippen LogP contribution in [0.3, 0.4) is 0 Å². The summed E-state index contributed by atoms with van der Waals surface area (Å²) in [6.07, 6.45) is -1.62. The van der Waals surface area contributed by atoms with E-state index in [0.29, 0.717) is 18.1 Å². The number of hydrogen-bond acceptors (Lipinski definition) is 4. The van der Waals surface area contributed by atoms with Crippen LogP contribution in [0.5, 0.6) is 0 Å². The van der Waals surface area contributed by atoms with E-state index in [9.17, 15) is 21.6 Å². The lowest BCUT2D eigenvalue weighted by Gasteiger charge is -2.22. The normalized spacial score (nSPS) is 18.5. The summed E-state index contributed by atoms with van der Waals surface area (Å²) in [7, 11) is -1.98. The Hall–Kier alpha value is -1.85. The van der Waals surface area contributed by atoms with E-state index in [0.717, 1.165) is 31.4 Å². The number of alkyl halides is 3. The van der Waals surface area contributed by atoms with Gasteiger partial charge in [0.2, 0.25) is 10.0 Å². The number of nitrogens with one attached hydrogen (secondary N) is 3. The summed E-state index contributed by atoms with van der Waals surface area (Å²) >= 11 is 0. The smallest absolute Gasteiger partial charge is 0.377 e. The zero-order valence-corrected chi connectivity index (χ0v) is 17.1. The first-order valence-electron chi connectivity index (χ1n) is 9.39. The van der Waals surface area contributed by atoms with Crippen molar-refractivity contribution in [3.8, 4) is 0 Å². The first-order chi connectivity index (χ1) is 13.7. The van der Waals surface area contributed by atoms with Crippen molar-refractivity contribution in [2.75, 3.05) is 32.5 Å². The summed E-state index contributed by atoms with van der Waals surface area (Å²) in [5.41, 5.74) is -0.289. The Morgan fingerprint density at radius 1 is 1.28 bits per heavy atom. The third-order valence-electron chi connectivity index (χ3n) is 4.41. The van der Waals surface area contributed by atoms with Gasteiger partial charge in [-0.25, -0.2) is 13.1 Å². The molecule has 3 N–H and O–H groups in total. The molecular formula is C18H27F3N4O3S. The van der Waals surface area contributed by atoms with Gasteiger partial charge < -0.3 is 15.4 Å². The second kappa shape index (κ2) is 10.8. The van der Waals surface area contributed by atoms with E-state index >= 15 is 0 Å². The Labute approximate surface area is 169 Å². The lowest BCUT2D eigenvalue weighted by Crippen LogP contribution is -2.42. The monoisotopic (exact) mass is 436 g/mol. The van der Waals surface area contributed by atoms with E-state index in [1.54, 1.807) is 6.07 Å². The van der Waals surface area contributed by atoms with Crippen molar-refractivity contribution in [3.05, 3.63) is 35.4 Å². The molecule has 0 saturated carbocycles. The van der Waals surface area contributed by atoms with Crippen molar-refractivity contribution in [1.82, 2.24) is 15.4 Å². The maximum absolute atomic E-state index is 12.8. The van der Waals surface area contributed by atoms with E-state index in [2.05, 4.69) is 20.3 Å². The molecule has 0 amide bonds. The zero-order chi connectivity index (χ0) is 21.3. The van der Waals surface area contributed by atoms with Crippen molar-refractivity contribution in [2.24, 2.45) is 4.99 Å². The molecule has 1 aliphatic rings. The Kier molecular flexibility index (Phi) is 8.72. The van der Waals surface area contributed by atoms with Crippen LogP contribution >= 0.6 is 0 Å². The van der Waals surface area contributed by atoms with E-state index in [-0.39, 0.29) is 31.5 Å². The predicted octanol–water partition coefficient (Wildman–Crippen LogP) is 1.86. The molecule has 1 atom stereocenters. The number of halogens is 3. The molecule has 2 rings (SSSR count). The maximum atomic E-state index is 12.8. The van der Waals surface area contributed by atoms with Crippen LogP contribution in [-0.2, 0) is 27.5 Å². The highest BCUT2D eigenvalue weighted by atomic mass is 32.2. The van der Waals surface area contributed by atoms with E-state index in [1.807, 2.05) is 0 Å². The summed E-state index contributed by atoms with van der Waals surface area (Å²) in [5, 5.41) is 5.72. The Balaban J connectivity index is 1.74. The Bertz CT molecular complexity index is 779. The van der Waals surface area contributed by atoms with E-state index in [4.69, 9.17) is 4.74 Å². The molecule has 0 aliphatic carbocycles. The fourth-order valence-corrected chi connectivity index (χ4v) is 3.78. The van der Waals surface area contributed by atoms with Crippen LogP contribution in [-0.4, -0.2) is 53.0 Å². The minimum absolute atomic E-state index is 0.0895. The van der Waals surface area contributed by atoms with Crippen molar-refractivity contribution in [1.29, 1.82) is 0 Å². The molecule has 0 aromatic heterocycles. The summed E-state index contributed by atoms with van der Waals surface area (Å²) < 4.78 is 70.5. The van der Waals surface area contributed by atoms with Crippen molar-refractivity contribution in [3.63, 3.8) is 0 Å². The summed E-state index contributed by atoms with van der Waals surface area (Å²) in [6.45, 7) is 1.13. The molecule has 1 aromatic rings. The van der Waals surface area contributed by atoms with E-state index < -0.39 is 21.8 Å². The van der Waals surface area contributed by atoms with Gasteiger partial charge in [0.15, 0.2) is 5.96 Å². The first kappa shape index (κ1) is 23.4. The van der Waals surface area contributed by atoms with Gasteiger partial charge in [-0.2, -0.15) is 13.2 Å². The maximum Gasteiger partial charge on any atom is 0.416 e. The number of rotatable bonds is 8. The molecule has 1 fully saturated rings. The molecule has 11 heteroatoms. The topological polar surface area (TPSA) is 91.8 Å². The molecule has 0 spiro atoms. The molecular weight excluding hydrogens is 409 g/mol. The fourth-order valence-electron chi connectivity index (χ4n) is 2.83. The third kappa shape index (κ3) is 8.58. The number of sulfonamides is 1. The lowest BCUT2D eigenvalue weighted by atomic mass is 10.1. The van der Waals surface area contributed by atoms with Gasteiger partial charge in [0.25, 0.3) is 0 Å². The average Bonchev–Trinajstić information content (AvgIpc) is 2.69. The largest absolute Gasteiger partial charge is 0.416 e. The lowest BCUT2D eigenvalue weighted by molar-refractivity contribution is -0.137. The molecule has 1 unspecified atom stereocenters. The fraction of sp³-hybridized carbons (Fsp3) is 0.611. The number of hydrogen-bond donors (Lipinski definition) is 3. The minimum atomic E-state index is -4.40. The summed E-state index contributed by atoms with van der Waals surface area (Å²) in [5.74, 6) is 0.137. The molecule has 1 saturated heterocycles. The molecule has 1 aliphatic heterocycles. The highest BCUT2D eigenvalue weighted by Crippen LogP contribution is 2.29. The van der Waals surface area contributed by atoms with Crippen LogP contribution in [0, 0.1) is 0 Å². The Morgan fingerprint density at radius 3 is 2.72 bits per heavy atom. The van der Waals surface area contributed by atoms with Crippen molar-refractivity contribution >= 4 is 16.0 Å². The van der Waals surface area contributed by atoms with Gasteiger partial charge in [0.05, 0.1) is 17.4 Å². The van der Waals surface area contributed by atoms with Gasteiger partial charge in [-0.3, -0.25) is 4.99 Å². The number of ether oxygens (including phenoxy) is 1. The van der Waals surface area contributed by atoms with Crippen LogP contribution in [0.2, 0.25) is 0 Å². The van der Waals surface area contributed by atoms with Gasteiger partial charge in [-0.15, -0.1) is 0 Å². The highest BCUT2D eigenvalue weighted by Gasteiger charge is 2.30. The van der Waals surface area contributed by atoms with Gasteiger partial charge >= 0.3 is 6.18 Å². The standard InChI is InChI=1S/C18H27F3N4O3S/c1-22-17(24-12-14-5-4-6-15(11-14)18(19,20)21)23-8-10-29(26,27)25-13-16-7-2-3-9-28-16/h4-6,11,16,25H,2-3,7-10,12-13H2,1H3,(H2,22,23,24). The summed E-state index contributed by atoms with van der Waals surface area (Å²) in [4.78, 5) is 3.95. The quantitative estimate of drug-likeness (QED) is 0.427. The SMILES string of the molecule is CN=C(NCCS(=O)(=O)NCC1CCCCO1)NCc1cccc(C(F)(F)F)c1. The number of benzene rings is 1. The average molecular weight is 437 g/mol. The van der Waals surface area contributed by atoms with Crippen LogP contribution in [0.1, 0.15) is 30.4 Å². The number of nitrogens with zero attached hydrogens (tertiary/aromatic N) is 1. The van der Waals surface area contributed by atoms with Crippen LogP contribution in [0.15, 0.2) is 29.3 Å². The molecule has 1 aromatic carbocycles. The van der Waals surface area contributed by atoms with Gasteiger partial charge in [-0.05, 0) is 37.0 Å². The second-order valence-corrected chi connectivity index (χ2v) is 8.63.